The normalized spacial score (nSPS) is 18.6. The van der Waals surface area contributed by atoms with Crippen LogP contribution in [0.25, 0.3) is 0 Å². The average Bonchev–Trinajstić information content (AvgIpc) is 2.82. The number of guanidine groups is 1. The van der Waals surface area contributed by atoms with E-state index in [2.05, 4.69) is 0 Å². The Kier molecular flexibility index (Phi) is 9.34. The second-order valence-electron chi connectivity index (χ2n) is 6.92. The summed E-state index contributed by atoms with van der Waals surface area (Å²) in [4.78, 5) is 2.24. The quantitative estimate of drug-likeness (QED) is 0.693. The SMILES string of the molecule is Cl.Cl.N=C1N(C2CCCCCC2)CCN1S(=O)(=O)c1ccc(CCN)cc1. The predicted molar refractivity (Wildman–Crippen MR) is 114 cm³/mol. The Morgan fingerprint density at radius 1 is 1.00 bits per heavy atom. The lowest BCUT2D eigenvalue weighted by Crippen LogP contribution is -2.41. The number of benzene rings is 1. The molecule has 1 saturated carbocycles. The molecule has 3 N–H and O–H groups in total. The van der Waals surface area contributed by atoms with Gasteiger partial charge in [-0.05, 0) is 43.5 Å². The summed E-state index contributed by atoms with van der Waals surface area (Å²) < 4.78 is 27.1. The van der Waals surface area contributed by atoms with Crippen molar-refractivity contribution in [1.82, 2.24) is 9.21 Å². The number of nitrogens with one attached hydrogen (secondary N) is 1. The van der Waals surface area contributed by atoms with Gasteiger partial charge in [-0.2, -0.15) is 0 Å². The highest BCUT2D eigenvalue weighted by atomic mass is 35.5. The summed E-state index contributed by atoms with van der Waals surface area (Å²) in [6.07, 6.45) is 7.68. The molecule has 0 amide bonds. The molecule has 6 nitrogen and oxygen atoms in total. The number of nitrogens with zero attached hydrogens (tertiary/aromatic N) is 2. The van der Waals surface area contributed by atoms with Crippen LogP contribution < -0.4 is 5.73 Å². The molecule has 2 fully saturated rings. The highest BCUT2D eigenvalue weighted by molar-refractivity contribution is 7.89. The van der Waals surface area contributed by atoms with Crippen molar-refractivity contribution in [3.8, 4) is 0 Å². The van der Waals surface area contributed by atoms with Crippen LogP contribution in [0, 0.1) is 5.41 Å². The Hall–Kier alpha value is -1.02. The van der Waals surface area contributed by atoms with Crippen LogP contribution >= 0.6 is 24.8 Å². The summed E-state index contributed by atoms with van der Waals surface area (Å²) in [5.41, 5.74) is 6.57. The van der Waals surface area contributed by atoms with Gasteiger partial charge in [-0.3, -0.25) is 5.41 Å². The Morgan fingerprint density at radius 3 is 2.15 bits per heavy atom. The lowest BCUT2D eigenvalue weighted by Gasteiger charge is -2.29. The third-order valence-electron chi connectivity index (χ3n) is 5.26. The maximum atomic E-state index is 12.9. The van der Waals surface area contributed by atoms with Gasteiger partial charge in [-0.1, -0.05) is 37.8 Å². The fourth-order valence-electron chi connectivity index (χ4n) is 3.83. The lowest BCUT2D eigenvalue weighted by atomic mass is 10.1. The molecule has 1 saturated heterocycles. The lowest BCUT2D eigenvalue weighted by molar-refractivity contribution is 0.305. The third kappa shape index (κ3) is 5.28. The minimum Gasteiger partial charge on any atom is -0.337 e. The summed E-state index contributed by atoms with van der Waals surface area (Å²) in [6.45, 7) is 1.52. The van der Waals surface area contributed by atoms with Crippen LogP contribution in [0.4, 0.5) is 0 Å². The monoisotopic (exact) mass is 436 g/mol. The summed E-state index contributed by atoms with van der Waals surface area (Å²) in [5.74, 6) is 0.137. The van der Waals surface area contributed by atoms with E-state index < -0.39 is 10.0 Å². The number of halogens is 2. The van der Waals surface area contributed by atoms with Crippen LogP contribution in [-0.2, 0) is 16.4 Å². The molecule has 1 aromatic carbocycles. The second-order valence-corrected chi connectivity index (χ2v) is 8.78. The van der Waals surface area contributed by atoms with Crippen molar-refractivity contribution in [2.45, 2.75) is 55.9 Å². The van der Waals surface area contributed by atoms with Gasteiger partial charge < -0.3 is 10.6 Å². The minimum atomic E-state index is -3.66. The first-order valence-corrected chi connectivity index (χ1v) is 10.6. The van der Waals surface area contributed by atoms with Crippen LogP contribution in [0.5, 0.6) is 0 Å². The Morgan fingerprint density at radius 2 is 1.59 bits per heavy atom. The first kappa shape index (κ1) is 24.0. The first-order chi connectivity index (χ1) is 12.0. The smallest absolute Gasteiger partial charge is 0.266 e. The number of hydrogen-bond acceptors (Lipinski definition) is 4. The van der Waals surface area contributed by atoms with E-state index in [1.165, 1.54) is 30.0 Å². The highest BCUT2D eigenvalue weighted by Crippen LogP contribution is 2.27. The van der Waals surface area contributed by atoms with Crippen molar-refractivity contribution in [2.24, 2.45) is 5.73 Å². The van der Waals surface area contributed by atoms with Gasteiger partial charge in [0, 0.05) is 12.6 Å². The van der Waals surface area contributed by atoms with Gasteiger partial charge in [-0.15, -0.1) is 24.8 Å². The van der Waals surface area contributed by atoms with E-state index in [1.54, 1.807) is 12.1 Å². The maximum absolute atomic E-state index is 12.9. The fourth-order valence-corrected chi connectivity index (χ4v) is 5.22. The molecule has 0 atom stereocenters. The zero-order chi connectivity index (χ0) is 17.9. The van der Waals surface area contributed by atoms with Crippen molar-refractivity contribution >= 4 is 40.8 Å². The maximum Gasteiger partial charge on any atom is 0.266 e. The van der Waals surface area contributed by atoms with Crippen LogP contribution in [0.2, 0.25) is 0 Å². The molecule has 0 bridgehead atoms. The van der Waals surface area contributed by atoms with Crippen LogP contribution in [0.1, 0.15) is 44.1 Å². The van der Waals surface area contributed by atoms with Gasteiger partial charge in [0.15, 0.2) is 0 Å². The molecule has 0 aromatic heterocycles. The number of rotatable bonds is 5. The molecule has 0 spiro atoms. The van der Waals surface area contributed by atoms with Gasteiger partial charge in [0.1, 0.15) is 0 Å². The molecule has 3 rings (SSSR count). The van der Waals surface area contributed by atoms with Crippen molar-refractivity contribution in [3.05, 3.63) is 29.8 Å². The summed E-state index contributed by atoms with van der Waals surface area (Å²) in [5, 5.41) is 8.44. The molecule has 1 heterocycles. The van der Waals surface area contributed by atoms with Crippen molar-refractivity contribution in [3.63, 3.8) is 0 Å². The summed E-state index contributed by atoms with van der Waals surface area (Å²) >= 11 is 0. The zero-order valence-electron chi connectivity index (χ0n) is 15.5. The Balaban J connectivity index is 0.00000182. The summed E-state index contributed by atoms with van der Waals surface area (Å²) in [6, 6.07) is 7.18. The molecule has 0 radical (unpaired) electrons. The van der Waals surface area contributed by atoms with Gasteiger partial charge in [-0.25, -0.2) is 12.7 Å². The number of nitrogens with two attached hydrogens (primary N) is 1. The van der Waals surface area contributed by atoms with Gasteiger partial charge in [0.2, 0.25) is 5.96 Å². The van der Waals surface area contributed by atoms with Crippen molar-refractivity contribution in [1.29, 1.82) is 5.41 Å². The standard InChI is InChI=1S/C18H28N4O2S.2ClH/c19-12-11-15-7-9-17(10-8-15)25(23,24)22-14-13-21(18(22)20)16-5-3-1-2-4-6-16;;/h7-10,16,20H,1-6,11-14,19H2;2*1H. The topological polar surface area (TPSA) is 90.5 Å². The van der Waals surface area contributed by atoms with E-state index in [-0.39, 0.29) is 35.7 Å². The third-order valence-corrected chi connectivity index (χ3v) is 7.07. The minimum absolute atomic E-state index is 0. The molecule has 154 valence electrons. The average molecular weight is 437 g/mol. The molecule has 1 aliphatic heterocycles. The van der Waals surface area contributed by atoms with E-state index in [9.17, 15) is 8.42 Å². The van der Waals surface area contributed by atoms with E-state index in [0.717, 1.165) is 24.8 Å². The van der Waals surface area contributed by atoms with E-state index in [0.29, 0.717) is 25.7 Å². The molecule has 1 aromatic rings. The van der Waals surface area contributed by atoms with Crippen LogP contribution in [0.15, 0.2) is 29.2 Å². The van der Waals surface area contributed by atoms with Crippen LogP contribution in [-0.4, -0.2) is 49.3 Å². The number of sulfonamides is 1. The predicted octanol–water partition coefficient (Wildman–Crippen LogP) is 3.00. The zero-order valence-corrected chi connectivity index (χ0v) is 17.9. The van der Waals surface area contributed by atoms with E-state index in [4.69, 9.17) is 11.1 Å². The Bertz CT molecular complexity index is 705. The summed E-state index contributed by atoms with van der Waals surface area (Å²) in [7, 11) is -3.66. The molecule has 27 heavy (non-hydrogen) atoms. The van der Waals surface area contributed by atoms with Gasteiger partial charge in [0.05, 0.1) is 11.4 Å². The fraction of sp³-hybridized carbons (Fsp3) is 0.611. The Labute approximate surface area is 174 Å². The molecular weight excluding hydrogens is 407 g/mol. The molecule has 9 heteroatoms. The molecular formula is C18H30Cl2N4O2S. The highest BCUT2D eigenvalue weighted by Gasteiger charge is 2.38. The van der Waals surface area contributed by atoms with Crippen molar-refractivity contribution in [2.75, 3.05) is 19.6 Å². The molecule has 1 aliphatic carbocycles. The van der Waals surface area contributed by atoms with Gasteiger partial charge >= 0.3 is 0 Å². The van der Waals surface area contributed by atoms with E-state index >= 15 is 0 Å². The second kappa shape index (κ2) is 10.5. The molecule has 2 aliphatic rings. The van der Waals surface area contributed by atoms with E-state index in [1.807, 2.05) is 17.0 Å². The van der Waals surface area contributed by atoms with Crippen LogP contribution in [0.3, 0.4) is 0 Å². The number of hydrogen-bond donors (Lipinski definition) is 2. The first-order valence-electron chi connectivity index (χ1n) is 9.21. The largest absolute Gasteiger partial charge is 0.337 e. The van der Waals surface area contributed by atoms with Gasteiger partial charge in [0.25, 0.3) is 10.0 Å². The van der Waals surface area contributed by atoms with Crippen molar-refractivity contribution < 1.29 is 8.42 Å². The molecule has 0 unspecified atom stereocenters.